The van der Waals surface area contributed by atoms with Crippen LogP contribution >= 0.6 is 0 Å². The highest BCUT2D eigenvalue weighted by atomic mass is 16.6. The topological polar surface area (TPSA) is 48.1 Å². The Balaban J connectivity index is 0.000000174. The molecule has 4 atom stereocenters. The quantitative estimate of drug-likeness (QED) is 0.506. The van der Waals surface area contributed by atoms with Crippen molar-refractivity contribution in [1.29, 1.82) is 0 Å². The van der Waals surface area contributed by atoms with Gasteiger partial charge in [0.25, 0.3) is 0 Å². The second-order valence-corrected chi connectivity index (χ2v) is 14.7. The second kappa shape index (κ2) is 12.4. The first-order valence-corrected chi connectivity index (χ1v) is 15.7. The van der Waals surface area contributed by atoms with Crippen molar-refractivity contribution in [3.63, 3.8) is 0 Å². The normalized spacial score (nSPS) is 30.2. The Bertz CT molecular complexity index is 1140. The van der Waals surface area contributed by atoms with Gasteiger partial charge in [0, 0.05) is 64.3 Å². The zero-order valence-electron chi connectivity index (χ0n) is 26.1. The third kappa shape index (κ3) is 7.71. The van der Waals surface area contributed by atoms with Crippen LogP contribution in [0.3, 0.4) is 0 Å². The van der Waals surface area contributed by atoms with Crippen LogP contribution in [0.1, 0.15) is 58.6 Å². The SMILES string of the molecule is CC(C)(C)OC(=O)N1CC[C@@H]2CN(Cc3ccccc3)C[C@]2(C)C1.C[C@@]12CNCC[C@@H]1CN(Cc1ccccc1)C2. The first kappa shape index (κ1) is 30.1. The number of hydrogen-bond donors (Lipinski definition) is 1. The Morgan fingerprint density at radius 3 is 1.90 bits per heavy atom. The number of carbonyl (C=O) groups is 1. The Hall–Kier alpha value is -2.41. The minimum Gasteiger partial charge on any atom is -0.444 e. The van der Waals surface area contributed by atoms with Crippen molar-refractivity contribution in [3.05, 3.63) is 71.8 Å². The van der Waals surface area contributed by atoms with Gasteiger partial charge < -0.3 is 15.0 Å². The molecule has 0 bridgehead atoms. The summed E-state index contributed by atoms with van der Waals surface area (Å²) in [6, 6.07) is 21.5. The van der Waals surface area contributed by atoms with Crippen LogP contribution < -0.4 is 5.32 Å². The zero-order chi connectivity index (χ0) is 29.1. The van der Waals surface area contributed by atoms with Crippen molar-refractivity contribution in [1.82, 2.24) is 20.0 Å². The van der Waals surface area contributed by atoms with Crippen LogP contribution in [-0.4, -0.2) is 78.8 Å². The predicted octanol–water partition coefficient (Wildman–Crippen LogP) is 5.88. The average Bonchev–Trinajstić information content (AvgIpc) is 3.43. The maximum atomic E-state index is 12.4. The highest BCUT2D eigenvalue weighted by Gasteiger charge is 2.48. The molecule has 4 aliphatic rings. The van der Waals surface area contributed by atoms with Gasteiger partial charge in [-0.25, -0.2) is 4.79 Å². The van der Waals surface area contributed by atoms with Gasteiger partial charge in [-0.05, 0) is 68.5 Å². The van der Waals surface area contributed by atoms with Crippen LogP contribution in [0.4, 0.5) is 4.79 Å². The van der Waals surface area contributed by atoms with E-state index in [0.717, 1.165) is 51.6 Å². The summed E-state index contributed by atoms with van der Waals surface area (Å²) in [5.41, 5.74) is 3.06. The smallest absolute Gasteiger partial charge is 0.410 e. The lowest BCUT2D eigenvalue weighted by Gasteiger charge is -2.42. The summed E-state index contributed by atoms with van der Waals surface area (Å²) in [6.45, 7) is 21.4. The van der Waals surface area contributed by atoms with Gasteiger partial charge in [0.05, 0.1) is 0 Å². The molecule has 4 aliphatic heterocycles. The van der Waals surface area contributed by atoms with Crippen LogP contribution in [0.2, 0.25) is 0 Å². The number of hydrogen-bond acceptors (Lipinski definition) is 5. The lowest BCUT2D eigenvalue weighted by Crippen LogP contribution is -2.50. The molecule has 6 heteroatoms. The van der Waals surface area contributed by atoms with E-state index in [2.05, 4.69) is 89.6 Å². The molecule has 4 heterocycles. The Kier molecular flexibility index (Phi) is 9.13. The van der Waals surface area contributed by atoms with Gasteiger partial charge >= 0.3 is 6.09 Å². The molecule has 0 saturated carbocycles. The maximum absolute atomic E-state index is 12.4. The van der Waals surface area contributed by atoms with Crippen molar-refractivity contribution >= 4 is 6.09 Å². The van der Waals surface area contributed by atoms with Crippen LogP contribution in [0.5, 0.6) is 0 Å². The molecule has 0 unspecified atom stereocenters. The standard InChI is InChI=1S/C20H30N2O2.C15H22N2/c1-19(2,3)24-18(23)22-11-10-17-13-21(14-20(17,4)15-22)12-16-8-6-5-7-9-16;1-15-11-16-8-7-14(15)10-17(12-15)9-13-5-3-2-4-6-13/h5-9,17H,10-15H2,1-4H3;2-6,14,16H,7-12H2,1H3/t17-,20-;14-,15+/m11/s1. The van der Waals surface area contributed by atoms with E-state index < -0.39 is 5.60 Å². The monoisotopic (exact) mass is 560 g/mol. The lowest BCUT2D eigenvalue weighted by atomic mass is 9.75. The summed E-state index contributed by atoms with van der Waals surface area (Å²) in [4.78, 5) is 19.5. The lowest BCUT2D eigenvalue weighted by molar-refractivity contribution is 0.00106. The zero-order valence-corrected chi connectivity index (χ0v) is 26.1. The summed E-state index contributed by atoms with van der Waals surface area (Å²) in [5, 5.41) is 3.55. The highest BCUT2D eigenvalue weighted by Crippen LogP contribution is 2.42. The van der Waals surface area contributed by atoms with Gasteiger partial charge in [-0.1, -0.05) is 74.5 Å². The maximum Gasteiger partial charge on any atom is 0.410 e. The number of rotatable bonds is 4. The predicted molar refractivity (Wildman–Crippen MR) is 167 cm³/mol. The molecule has 41 heavy (non-hydrogen) atoms. The van der Waals surface area contributed by atoms with Gasteiger partial charge in [-0.3, -0.25) is 9.80 Å². The van der Waals surface area contributed by atoms with Crippen LogP contribution in [-0.2, 0) is 17.8 Å². The number of nitrogens with zero attached hydrogens (tertiary/aromatic N) is 3. The first-order valence-electron chi connectivity index (χ1n) is 15.7. The van der Waals surface area contributed by atoms with Crippen molar-refractivity contribution in [2.75, 3.05) is 52.4 Å². The van der Waals surface area contributed by atoms with E-state index in [1.807, 2.05) is 25.7 Å². The van der Waals surface area contributed by atoms with Crippen molar-refractivity contribution < 1.29 is 9.53 Å². The number of nitrogens with one attached hydrogen (secondary N) is 1. The number of likely N-dealkylation sites (tertiary alicyclic amines) is 3. The molecule has 1 amide bonds. The number of piperidine rings is 2. The van der Waals surface area contributed by atoms with E-state index >= 15 is 0 Å². The molecule has 6 rings (SSSR count). The fraction of sp³-hybridized carbons (Fsp3) is 0.629. The van der Waals surface area contributed by atoms with Crippen LogP contribution in [0.25, 0.3) is 0 Å². The third-order valence-electron chi connectivity index (χ3n) is 9.75. The van der Waals surface area contributed by atoms with Crippen molar-refractivity contribution in [2.24, 2.45) is 22.7 Å². The average molecular weight is 561 g/mol. The van der Waals surface area contributed by atoms with Crippen molar-refractivity contribution in [3.8, 4) is 0 Å². The molecule has 2 aromatic carbocycles. The molecule has 1 N–H and O–H groups in total. The van der Waals surface area contributed by atoms with Gasteiger partial charge in [0.15, 0.2) is 0 Å². The van der Waals surface area contributed by atoms with E-state index in [4.69, 9.17) is 4.74 Å². The first-order chi connectivity index (χ1) is 19.5. The number of carbonyl (C=O) groups excluding carboxylic acids is 1. The summed E-state index contributed by atoms with van der Waals surface area (Å²) >= 11 is 0. The molecule has 2 aromatic rings. The summed E-state index contributed by atoms with van der Waals surface area (Å²) in [7, 11) is 0. The molecule has 0 aromatic heterocycles. The molecule has 0 spiro atoms. The molecule has 6 nitrogen and oxygen atoms in total. The summed E-state index contributed by atoms with van der Waals surface area (Å²) in [5.74, 6) is 1.56. The molecule has 4 saturated heterocycles. The molecule has 0 radical (unpaired) electrons. The minimum atomic E-state index is -0.427. The third-order valence-corrected chi connectivity index (χ3v) is 9.75. The van der Waals surface area contributed by atoms with Crippen LogP contribution in [0.15, 0.2) is 60.7 Å². The van der Waals surface area contributed by atoms with Gasteiger partial charge in [0.1, 0.15) is 5.60 Å². The number of fused-ring (bicyclic) bond motifs is 2. The minimum absolute atomic E-state index is 0.163. The Labute approximate surface area is 248 Å². The Morgan fingerprint density at radius 1 is 0.829 bits per heavy atom. The number of amides is 1. The largest absolute Gasteiger partial charge is 0.444 e. The fourth-order valence-corrected chi connectivity index (χ4v) is 7.62. The van der Waals surface area contributed by atoms with E-state index in [0.29, 0.717) is 11.3 Å². The van der Waals surface area contributed by atoms with E-state index in [9.17, 15) is 4.79 Å². The molecule has 224 valence electrons. The summed E-state index contributed by atoms with van der Waals surface area (Å²) < 4.78 is 5.57. The Morgan fingerprint density at radius 2 is 1.37 bits per heavy atom. The van der Waals surface area contributed by atoms with Crippen molar-refractivity contribution in [2.45, 2.75) is 66.2 Å². The summed E-state index contributed by atoms with van der Waals surface area (Å²) in [6.07, 6.45) is 2.26. The fourth-order valence-electron chi connectivity index (χ4n) is 7.62. The second-order valence-electron chi connectivity index (χ2n) is 14.7. The molecular weight excluding hydrogens is 508 g/mol. The number of ether oxygens (including phenoxy) is 1. The van der Waals surface area contributed by atoms with Gasteiger partial charge in [-0.2, -0.15) is 0 Å². The van der Waals surface area contributed by atoms with E-state index in [1.54, 1.807) is 0 Å². The van der Waals surface area contributed by atoms with Crippen LogP contribution in [0, 0.1) is 22.7 Å². The molecule has 4 fully saturated rings. The van der Waals surface area contributed by atoms with E-state index in [-0.39, 0.29) is 11.5 Å². The van der Waals surface area contributed by atoms with E-state index in [1.165, 1.54) is 43.7 Å². The molecular formula is C35H52N4O2. The molecule has 0 aliphatic carbocycles. The highest BCUT2D eigenvalue weighted by molar-refractivity contribution is 5.68. The number of benzene rings is 2. The van der Waals surface area contributed by atoms with Gasteiger partial charge in [-0.15, -0.1) is 0 Å². The van der Waals surface area contributed by atoms with Gasteiger partial charge in [0.2, 0.25) is 0 Å².